The number of piperidine rings is 1. The van der Waals surface area contributed by atoms with Crippen LogP contribution in [0.15, 0.2) is 79.4 Å². The van der Waals surface area contributed by atoms with Gasteiger partial charge in [0.25, 0.3) is 0 Å². The number of halogens is 3. The van der Waals surface area contributed by atoms with Crippen LogP contribution in [0.4, 0.5) is 13.2 Å². The van der Waals surface area contributed by atoms with Crippen molar-refractivity contribution < 1.29 is 27.4 Å². The van der Waals surface area contributed by atoms with E-state index in [-0.39, 0.29) is 34.8 Å². The summed E-state index contributed by atoms with van der Waals surface area (Å²) in [6.07, 6.45) is -0.675. The second-order valence-corrected chi connectivity index (χ2v) is 9.11. The van der Waals surface area contributed by atoms with E-state index in [1.807, 2.05) is 35.2 Å². The van der Waals surface area contributed by atoms with Gasteiger partial charge in [0.15, 0.2) is 0 Å². The van der Waals surface area contributed by atoms with Gasteiger partial charge in [-0.25, -0.2) is 4.79 Å². The number of esters is 1. The third kappa shape index (κ3) is 6.23. The van der Waals surface area contributed by atoms with Gasteiger partial charge in [0, 0.05) is 12.6 Å². The van der Waals surface area contributed by atoms with E-state index in [1.165, 1.54) is 13.0 Å². The molecule has 1 saturated heterocycles. The Morgan fingerprint density at radius 2 is 1.76 bits per heavy atom. The van der Waals surface area contributed by atoms with Crippen molar-refractivity contribution in [1.29, 1.82) is 0 Å². The van der Waals surface area contributed by atoms with Crippen LogP contribution in [0.2, 0.25) is 0 Å². The number of hydrogen-bond acceptors (Lipinski definition) is 4. The summed E-state index contributed by atoms with van der Waals surface area (Å²) < 4.78 is 55.3. The highest BCUT2D eigenvalue weighted by Crippen LogP contribution is 2.45. The number of benzene rings is 3. The van der Waals surface area contributed by atoms with Crippen LogP contribution in [0.5, 0.6) is 11.5 Å². The SMILES string of the molecule is C=CCN1CCCCC1c1cc(OCc2ccccc2)c(C(=O)Oc2ccccc2)c(C)c1C(F)(F)F. The molecular formula is C30H30F3NO3. The summed E-state index contributed by atoms with van der Waals surface area (Å²) in [5.41, 5.74) is -0.276. The van der Waals surface area contributed by atoms with Crippen LogP contribution in [0.3, 0.4) is 0 Å². The van der Waals surface area contributed by atoms with E-state index >= 15 is 0 Å². The highest BCUT2D eigenvalue weighted by Gasteiger charge is 2.41. The molecule has 0 bridgehead atoms. The highest BCUT2D eigenvalue weighted by atomic mass is 19.4. The van der Waals surface area contributed by atoms with E-state index in [4.69, 9.17) is 9.47 Å². The van der Waals surface area contributed by atoms with E-state index < -0.39 is 23.8 Å². The minimum absolute atomic E-state index is 0.0782. The molecule has 1 fully saturated rings. The Morgan fingerprint density at radius 1 is 1.08 bits per heavy atom. The zero-order valence-electron chi connectivity index (χ0n) is 20.8. The molecule has 0 aliphatic carbocycles. The quantitative estimate of drug-likeness (QED) is 0.179. The molecule has 4 rings (SSSR count). The molecule has 0 N–H and O–H groups in total. The normalized spacial score (nSPS) is 16.3. The van der Waals surface area contributed by atoms with Crippen LogP contribution in [0.1, 0.15) is 57.9 Å². The molecule has 0 radical (unpaired) electrons. The zero-order valence-corrected chi connectivity index (χ0v) is 20.8. The topological polar surface area (TPSA) is 38.8 Å². The monoisotopic (exact) mass is 509 g/mol. The summed E-state index contributed by atoms with van der Waals surface area (Å²) in [6.45, 7) is 6.34. The lowest BCUT2D eigenvalue weighted by atomic mass is 9.87. The molecule has 0 spiro atoms. The third-order valence-corrected chi connectivity index (χ3v) is 6.59. The second kappa shape index (κ2) is 11.6. The summed E-state index contributed by atoms with van der Waals surface area (Å²) in [7, 11) is 0. The van der Waals surface area contributed by atoms with Gasteiger partial charge in [-0.05, 0) is 61.2 Å². The van der Waals surface area contributed by atoms with Crippen molar-refractivity contribution in [2.75, 3.05) is 13.1 Å². The number of para-hydroxylation sites is 1. The molecule has 1 aliphatic heterocycles. The van der Waals surface area contributed by atoms with E-state index in [0.717, 1.165) is 18.4 Å². The minimum Gasteiger partial charge on any atom is -0.488 e. The van der Waals surface area contributed by atoms with Crippen molar-refractivity contribution >= 4 is 5.97 Å². The van der Waals surface area contributed by atoms with Crippen molar-refractivity contribution in [2.24, 2.45) is 0 Å². The van der Waals surface area contributed by atoms with Gasteiger partial charge in [0.05, 0.1) is 5.56 Å². The van der Waals surface area contributed by atoms with Gasteiger partial charge in [0.1, 0.15) is 23.7 Å². The summed E-state index contributed by atoms with van der Waals surface area (Å²) in [5.74, 6) is -0.576. The molecule has 0 saturated carbocycles. The predicted molar refractivity (Wildman–Crippen MR) is 137 cm³/mol. The first kappa shape index (κ1) is 26.5. The van der Waals surface area contributed by atoms with Crippen LogP contribution in [-0.4, -0.2) is 24.0 Å². The maximum absolute atomic E-state index is 14.6. The molecule has 3 aromatic rings. The molecule has 1 atom stereocenters. The minimum atomic E-state index is -4.67. The van der Waals surface area contributed by atoms with Gasteiger partial charge < -0.3 is 9.47 Å². The lowest BCUT2D eigenvalue weighted by Gasteiger charge is -2.37. The van der Waals surface area contributed by atoms with Gasteiger partial charge in [0.2, 0.25) is 0 Å². The van der Waals surface area contributed by atoms with Crippen molar-refractivity contribution in [2.45, 2.75) is 45.0 Å². The Morgan fingerprint density at radius 3 is 2.41 bits per heavy atom. The first-order valence-corrected chi connectivity index (χ1v) is 12.3. The summed E-state index contributed by atoms with van der Waals surface area (Å²) in [5, 5.41) is 0. The first-order valence-electron chi connectivity index (χ1n) is 12.3. The second-order valence-electron chi connectivity index (χ2n) is 9.11. The Hall–Kier alpha value is -3.58. The molecule has 194 valence electrons. The van der Waals surface area contributed by atoms with Crippen molar-refractivity contribution in [3.8, 4) is 11.5 Å². The predicted octanol–water partition coefficient (Wildman–Crippen LogP) is 7.53. The maximum Gasteiger partial charge on any atom is 0.417 e. The Kier molecular flexibility index (Phi) is 8.34. The van der Waals surface area contributed by atoms with Crippen LogP contribution >= 0.6 is 0 Å². The number of rotatable bonds is 8. The molecule has 0 aromatic heterocycles. The third-order valence-electron chi connectivity index (χ3n) is 6.59. The van der Waals surface area contributed by atoms with Crippen molar-refractivity contribution in [3.63, 3.8) is 0 Å². The molecule has 37 heavy (non-hydrogen) atoms. The van der Waals surface area contributed by atoms with E-state index in [9.17, 15) is 18.0 Å². The number of nitrogens with zero attached hydrogens (tertiary/aromatic N) is 1. The zero-order chi connectivity index (χ0) is 26.4. The average Bonchev–Trinajstić information content (AvgIpc) is 2.88. The fourth-order valence-corrected chi connectivity index (χ4v) is 4.93. The van der Waals surface area contributed by atoms with Crippen molar-refractivity contribution in [1.82, 2.24) is 4.90 Å². The average molecular weight is 510 g/mol. The van der Waals surface area contributed by atoms with Crippen molar-refractivity contribution in [3.05, 3.63) is 107 Å². The molecule has 1 unspecified atom stereocenters. The standard InChI is InChI=1S/C30H30F3NO3/c1-3-17-34-18-11-10-16-25(34)24-19-26(36-20-22-12-6-4-7-13-22)27(21(2)28(24)30(31,32)33)29(35)37-23-14-8-5-9-15-23/h3-9,12-15,19,25H,1,10-11,16-18,20H2,2H3. The molecule has 1 heterocycles. The summed E-state index contributed by atoms with van der Waals surface area (Å²) >= 11 is 0. The molecule has 1 aliphatic rings. The Balaban J connectivity index is 1.85. The fraction of sp³-hybridized carbons (Fsp3) is 0.300. The smallest absolute Gasteiger partial charge is 0.417 e. The van der Waals surface area contributed by atoms with Crippen LogP contribution in [0.25, 0.3) is 0 Å². The van der Waals surface area contributed by atoms with E-state index in [0.29, 0.717) is 19.5 Å². The van der Waals surface area contributed by atoms with Crippen LogP contribution < -0.4 is 9.47 Å². The largest absolute Gasteiger partial charge is 0.488 e. The maximum atomic E-state index is 14.6. The van der Waals surface area contributed by atoms with Gasteiger partial charge in [-0.2, -0.15) is 13.2 Å². The summed E-state index contributed by atoms with van der Waals surface area (Å²) in [4.78, 5) is 15.3. The van der Waals surface area contributed by atoms with Gasteiger partial charge in [-0.3, -0.25) is 4.90 Å². The number of carbonyl (C=O) groups excluding carboxylic acids is 1. The molecule has 7 heteroatoms. The fourth-order valence-electron chi connectivity index (χ4n) is 4.93. The van der Waals surface area contributed by atoms with Gasteiger partial charge in [-0.1, -0.05) is 61.0 Å². The van der Waals surface area contributed by atoms with Crippen LogP contribution in [0, 0.1) is 6.92 Å². The number of alkyl halides is 3. The van der Waals surface area contributed by atoms with E-state index in [1.54, 1.807) is 36.4 Å². The highest BCUT2D eigenvalue weighted by molar-refractivity contribution is 5.96. The molecule has 0 amide bonds. The Labute approximate surface area is 215 Å². The number of carbonyl (C=O) groups is 1. The number of likely N-dealkylation sites (tertiary alicyclic amines) is 1. The van der Waals surface area contributed by atoms with E-state index in [2.05, 4.69) is 6.58 Å². The number of hydrogen-bond donors (Lipinski definition) is 0. The lowest BCUT2D eigenvalue weighted by molar-refractivity contribution is -0.139. The van der Waals surface area contributed by atoms with Gasteiger partial charge >= 0.3 is 12.1 Å². The molecule has 3 aromatic carbocycles. The Bertz CT molecular complexity index is 1230. The summed E-state index contributed by atoms with van der Waals surface area (Å²) in [6, 6.07) is 18.5. The number of ether oxygens (including phenoxy) is 2. The van der Waals surface area contributed by atoms with Crippen LogP contribution in [-0.2, 0) is 12.8 Å². The van der Waals surface area contributed by atoms with Gasteiger partial charge in [-0.15, -0.1) is 6.58 Å². The molecule has 4 nitrogen and oxygen atoms in total. The molecular weight excluding hydrogens is 479 g/mol. The lowest BCUT2D eigenvalue weighted by Crippen LogP contribution is -2.35. The first-order chi connectivity index (χ1) is 17.8.